The van der Waals surface area contributed by atoms with E-state index in [1.165, 1.54) is 0 Å². The maximum absolute atomic E-state index is 13.1. The van der Waals surface area contributed by atoms with Crippen LogP contribution < -0.4 is 0 Å². The Bertz CT molecular complexity index is 589. The van der Waals surface area contributed by atoms with E-state index >= 15 is 0 Å². The van der Waals surface area contributed by atoms with Crippen molar-refractivity contribution in [3.05, 3.63) is 36.2 Å². The summed E-state index contributed by atoms with van der Waals surface area (Å²) >= 11 is 0. The van der Waals surface area contributed by atoms with Crippen molar-refractivity contribution in [1.82, 2.24) is 4.90 Å². The largest absolute Gasteiger partial charge is 0.481 e. The third-order valence-electron chi connectivity index (χ3n) is 6.46. The maximum Gasteiger partial charge on any atom is 0.310 e. The highest BCUT2D eigenvalue weighted by Gasteiger charge is 2.47. The van der Waals surface area contributed by atoms with Crippen LogP contribution in [0, 0.1) is 17.3 Å². The molecule has 0 aromatic heterocycles. The first kappa shape index (κ1) is 18.4. The van der Waals surface area contributed by atoms with Gasteiger partial charge in [-0.15, -0.1) is 6.58 Å². The number of carboxylic acid groups (broad SMARTS) is 1. The van der Waals surface area contributed by atoms with Gasteiger partial charge in [-0.3, -0.25) is 4.79 Å². The second-order valence-electron chi connectivity index (χ2n) is 8.34. The van der Waals surface area contributed by atoms with E-state index in [0.717, 1.165) is 57.2 Å². The lowest BCUT2D eigenvalue weighted by molar-refractivity contribution is -0.148. The number of aliphatic carboxylic acids is 1. The van der Waals surface area contributed by atoms with Gasteiger partial charge in [-0.1, -0.05) is 11.6 Å². The summed E-state index contributed by atoms with van der Waals surface area (Å²) in [6, 6.07) is 0.385. The third kappa shape index (κ3) is 4.05. The molecule has 1 N–H and O–H groups in total. The van der Waals surface area contributed by atoms with Crippen molar-refractivity contribution < 1.29 is 14.3 Å². The van der Waals surface area contributed by atoms with Crippen LogP contribution in [0.4, 0.5) is 4.39 Å². The highest BCUT2D eigenvalue weighted by Crippen LogP contribution is 2.46. The molecule has 25 heavy (non-hydrogen) atoms. The first-order chi connectivity index (χ1) is 11.9. The Kier molecular flexibility index (Phi) is 5.47. The van der Waals surface area contributed by atoms with Crippen LogP contribution in [0.15, 0.2) is 36.2 Å². The van der Waals surface area contributed by atoms with E-state index in [4.69, 9.17) is 0 Å². The minimum absolute atomic E-state index is 0.109. The van der Waals surface area contributed by atoms with Crippen molar-refractivity contribution in [2.24, 2.45) is 17.3 Å². The van der Waals surface area contributed by atoms with Crippen molar-refractivity contribution >= 4 is 5.97 Å². The number of allylic oxidation sites excluding steroid dienone is 5. The summed E-state index contributed by atoms with van der Waals surface area (Å²) in [6.07, 6.45) is 11.5. The maximum atomic E-state index is 13.1. The Morgan fingerprint density at radius 1 is 1.40 bits per heavy atom. The molecule has 3 atom stereocenters. The van der Waals surface area contributed by atoms with Crippen LogP contribution in [0.1, 0.15) is 51.9 Å². The average Bonchev–Trinajstić information content (AvgIpc) is 3.00. The number of nitrogens with zero attached hydrogens (tertiary/aromatic N) is 1. The molecule has 0 aromatic rings. The van der Waals surface area contributed by atoms with Gasteiger partial charge < -0.3 is 10.0 Å². The van der Waals surface area contributed by atoms with Gasteiger partial charge in [-0.2, -0.15) is 0 Å². The first-order valence-corrected chi connectivity index (χ1v) is 9.55. The molecule has 1 heterocycles. The fourth-order valence-corrected chi connectivity index (χ4v) is 5.09. The first-order valence-electron chi connectivity index (χ1n) is 9.55. The van der Waals surface area contributed by atoms with Crippen molar-refractivity contribution in [3.8, 4) is 0 Å². The van der Waals surface area contributed by atoms with E-state index in [2.05, 4.69) is 11.5 Å². The molecule has 1 aliphatic heterocycles. The van der Waals surface area contributed by atoms with Crippen molar-refractivity contribution in [1.29, 1.82) is 0 Å². The normalized spacial score (nSPS) is 34.1. The molecule has 1 saturated heterocycles. The van der Waals surface area contributed by atoms with Gasteiger partial charge in [-0.25, -0.2) is 4.39 Å². The number of carbonyl (C=O) groups is 1. The number of carboxylic acids is 1. The fourth-order valence-electron chi connectivity index (χ4n) is 5.09. The van der Waals surface area contributed by atoms with E-state index < -0.39 is 11.4 Å². The number of hydrogen-bond acceptors (Lipinski definition) is 2. The summed E-state index contributed by atoms with van der Waals surface area (Å²) in [5.41, 5.74) is 0.355. The Hall–Kier alpha value is -1.42. The summed E-state index contributed by atoms with van der Waals surface area (Å²) in [5, 5.41) is 9.76. The molecule has 138 valence electrons. The monoisotopic (exact) mass is 347 g/mol. The van der Waals surface area contributed by atoms with Crippen LogP contribution in [0.25, 0.3) is 0 Å². The summed E-state index contributed by atoms with van der Waals surface area (Å²) in [7, 11) is 0. The molecule has 2 unspecified atom stereocenters. The lowest BCUT2D eigenvalue weighted by Crippen LogP contribution is -2.42. The second-order valence-corrected chi connectivity index (χ2v) is 8.34. The zero-order chi connectivity index (χ0) is 18.0. The van der Waals surface area contributed by atoms with Crippen LogP contribution in [-0.4, -0.2) is 35.1 Å². The number of piperidine rings is 1. The molecule has 3 nitrogen and oxygen atoms in total. The van der Waals surface area contributed by atoms with Crippen LogP contribution in [0.2, 0.25) is 0 Å². The second kappa shape index (κ2) is 7.45. The smallest absolute Gasteiger partial charge is 0.310 e. The van der Waals surface area contributed by atoms with Crippen molar-refractivity contribution in [2.75, 3.05) is 13.1 Å². The highest BCUT2D eigenvalue weighted by atomic mass is 19.1. The third-order valence-corrected chi connectivity index (χ3v) is 6.46. The van der Waals surface area contributed by atoms with Gasteiger partial charge in [-0.05, 0) is 88.9 Å². The van der Waals surface area contributed by atoms with Crippen molar-refractivity contribution in [3.63, 3.8) is 0 Å². The average molecular weight is 347 g/mol. The molecule has 0 spiro atoms. The number of rotatable bonds is 5. The SMILES string of the molecule is C=C(C)CC1(C(=O)O)CC[C@@H](N2CCC(C3C=CC(F)=CC3)CC2)C1. The highest BCUT2D eigenvalue weighted by molar-refractivity contribution is 5.75. The lowest BCUT2D eigenvalue weighted by Gasteiger charge is -2.39. The summed E-state index contributed by atoms with van der Waals surface area (Å²) < 4.78 is 13.1. The molecule has 3 aliphatic rings. The van der Waals surface area contributed by atoms with E-state index in [1.54, 1.807) is 12.2 Å². The van der Waals surface area contributed by atoms with E-state index in [9.17, 15) is 14.3 Å². The number of halogens is 1. The zero-order valence-electron chi connectivity index (χ0n) is 15.2. The quantitative estimate of drug-likeness (QED) is 0.732. The summed E-state index contributed by atoms with van der Waals surface area (Å²) in [5.74, 6) is 0.320. The zero-order valence-corrected chi connectivity index (χ0v) is 15.2. The Labute approximate surface area is 150 Å². The van der Waals surface area contributed by atoms with E-state index in [1.807, 2.05) is 13.0 Å². The van der Waals surface area contributed by atoms with Crippen LogP contribution in [0.3, 0.4) is 0 Å². The van der Waals surface area contributed by atoms with Gasteiger partial charge in [0.15, 0.2) is 0 Å². The minimum Gasteiger partial charge on any atom is -0.481 e. The Morgan fingerprint density at radius 2 is 2.12 bits per heavy atom. The molecular formula is C21H30FNO2. The topological polar surface area (TPSA) is 40.5 Å². The van der Waals surface area contributed by atoms with Gasteiger partial charge in [0.05, 0.1) is 5.41 Å². The molecule has 1 saturated carbocycles. The fraction of sp³-hybridized carbons (Fsp3) is 0.667. The molecule has 2 aliphatic carbocycles. The molecule has 0 amide bonds. The van der Waals surface area contributed by atoms with Gasteiger partial charge in [0.1, 0.15) is 5.83 Å². The number of hydrogen-bond donors (Lipinski definition) is 1. The molecule has 2 fully saturated rings. The summed E-state index contributed by atoms with van der Waals surface area (Å²) in [4.78, 5) is 14.4. The van der Waals surface area contributed by atoms with Gasteiger partial charge in [0.2, 0.25) is 0 Å². The Morgan fingerprint density at radius 3 is 2.68 bits per heavy atom. The van der Waals surface area contributed by atoms with Crippen LogP contribution in [0.5, 0.6) is 0 Å². The molecule has 0 aromatic carbocycles. The minimum atomic E-state index is -0.658. The van der Waals surface area contributed by atoms with Gasteiger partial charge >= 0.3 is 5.97 Å². The summed E-state index contributed by atoms with van der Waals surface area (Å²) in [6.45, 7) is 7.94. The van der Waals surface area contributed by atoms with Crippen LogP contribution in [-0.2, 0) is 4.79 Å². The molecular weight excluding hydrogens is 317 g/mol. The lowest BCUT2D eigenvalue weighted by atomic mass is 9.79. The molecule has 3 rings (SSSR count). The molecule has 0 radical (unpaired) electrons. The van der Waals surface area contributed by atoms with Crippen molar-refractivity contribution in [2.45, 2.75) is 57.9 Å². The number of likely N-dealkylation sites (tertiary alicyclic amines) is 1. The molecule has 4 heteroatoms. The van der Waals surface area contributed by atoms with Gasteiger partial charge in [0.25, 0.3) is 0 Å². The van der Waals surface area contributed by atoms with Crippen LogP contribution >= 0.6 is 0 Å². The van der Waals surface area contributed by atoms with E-state index in [-0.39, 0.29) is 5.83 Å². The predicted octanol–water partition coefficient (Wildman–Crippen LogP) is 4.72. The molecule has 0 bridgehead atoms. The predicted molar refractivity (Wildman–Crippen MR) is 97.9 cm³/mol. The van der Waals surface area contributed by atoms with Gasteiger partial charge in [0, 0.05) is 6.04 Å². The standard InChI is InChI=1S/C21H30FNO2/c1-15(2)13-21(20(24)25)10-7-19(14-21)23-11-8-17(9-12-23)16-3-5-18(22)6-4-16/h3,5-6,16-17,19H,1,4,7-14H2,2H3,(H,24,25)/t16?,19-,21?/m1/s1. The van der Waals surface area contributed by atoms with E-state index in [0.29, 0.717) is 24.3 Å². The Balaban J connectivity index is 1.54.